The molecular weight excluding hydrogens is 296 g/mol. The number of aliphatic imine (C=N–C) groups is 1. The fourth-order valence-corrected chi connectivity index (χ4v) is 4.24. The second-order valence-corrected chi connectivity index (χ2v) is 7.32. The summed E-state index contributed by atoms with van der Waals surface area (Å²) in [6, 6.07) is 12.0. The van der Waals surface area contributed by atoms with Crippen molar-refractivity contribution >= 4 is 5.84 Å². The largest absolute Gasteiger partial charge is 0.358 e. The minimum absolute atomic E-state index is 0.466. The first kappa shape index (κ1) is 15.9. The molecule has 2 unspecified atom stereocenters. The first-order valence-corrected chi connectivity index (χ1v) is 9.27. The summed E-state index contributed by atoms with van der Waals surface area (Å²) >= 11 is 0. The van der Waals surface area contributed by atoms with Crippen LogP contribution in [0.5, 0.6) is 0 Å². The molecule has 0 amide bonds. The molecule has 0 radical (unpaired) electrons. The Hall–Kier alpha value is -1.65. The van der Waals surface area contributed by atoms with E-state index in [-0.39, 0.29) is 0 Å². The van der Waals surface area contributed by atoms with Gasteiger partial charge in [0.05, 0.1) is 6.04 Å². The lowest BCUT2D eigenvalue weighted by atomic mass is 9.89. The third kappa shape index (κ3) is 3.26. The van der Waals surface area contributed by atoms with E-state index in [9.17, 15) is 0 Å². The second-order valence-electron chi connectivity index (χ2n) is 7.32. The van der Waals surface area contributed by atoms with Gasteiger partial charge in [-0.3, -0.25) is 4.90 Å². The fraction of sp³-hybridized carbons (Fsp3) is 0.550. The molecule has 128 valence electrons. The monoisotopic (exact) mass is 324 g/mol. The van der Waals surface area contributed by atoms with Crippen LogP contribution in [0.4, 0.5) is 0 Å². The Morgan fingerprint density at radius 2 is 1.92 bits per heavy atom. The quantitative estimate of drug-likeness (QED) is 0.831. The Labute approximate surface area is 145 Å². The maximum atomic E-state index is 4.70. The number of hydrogen-bond donors (Lipinski definition) is 0. The van der Waals surface area contributed by atoms with Crippen molar-refractivity contribution < 1.29 is 0 Å². The maximum Gasteiger partial charge on any atom is 0.122 e. The van der Waals surface area contributed by atoms with E-state index in [1.807, 2.05) is 6.20 Å². The first-order valence-electron chi connectivity index (χ1n) is 9.27. The van der Waals surface area contributed by atoms with Gasteiger partial charge >= 0.3 is 0 Å². The molecule has 1 aromatic rings. The van der Waals surface area contributed by atoms with Crippen LogP contribution in [0.15, 0.2) is 47.6 Å². The van der Waals surface area contributed by atoms with E-state index in [1.54, 1.807) is 0 Å². The van der Waals surface area contributed by atoms with Gasteiger partial charge in [-0.2, -0.15) is 0 Å². The fourth-order valence-electron chi connectivity index (χ4n) is 4.24. The molecule has 0 saturated carbocycles. The highest BCUT2D eigenvalue weighted by Crippen LogP contribution is 2.31. The minimum atomic E-state index is 0.466. The Bertz CT molecular complexity index is 603. The topological polar surface area (TPSA) is 22.1 Å². The molecule has 0 aliphatic carbocycles. The number of amidine groups is 1. The van der Waals surface area contributed by atoms with Crippen LogP contribution >= 0.6 is 0 Å². The molecule has 0 aromatic heterocycles. The van der Waals surface area contributed by atoms with E-state index >= 15 is 0 Å². The zero-order chi connectivity index (χ0) is 16.4. The van der Waals surface area contributed by atoms with Crippen molar-refractivity contribution in [3.63, 3.8) is 0 Å². The van der Waals surface area contributed by atoms with Gasteiger partial charge in [0.15, 0.2) is 0 Å². The van der Waals surface area contributed by atoms with E-state index in [1.165, 1.54) is 50.3 Å². The van der Waals surface area contributed by atoms with E-state index in [0.717, 1.165) is 13.1 Å². The van der Waals surface area contributed by atoms with Crippen LogP contribution < -0.4 is 0 Å². The summed E-state index contributed by atoms with van der Waals surface area (Å²) in [6.45, 7) is 5.79. The Balaban J connectivity index is 1.49. The number of likely N-dealkylation sites (N-methyl/N-ethyl adjacent to an activating group) is 1. The van der Waals surface area contributed by atoms with Crippen LogP contribution in [-0.2, 0) is 6.54 Å². The summed E-state index contributed by atoms with van der Waals surface area (Å²) in [6.07, 6.45) is 8.08. The van der Waals surface area contributed by atoms with Crippen LogP contribution in [0.3, 0.4) is 0 Å². The van der Waals surface area contributed by atoms with Crippen LogP contribution in [0.1, 0.15) is 24.8 Å². The third-order valence-electron chi connectivity index (χ3n) is 5.62. The molecule has 1 aromatic carbocycles. The van der Waals surface area contributed by atoms with Crippen molar-refractivity contribution in [3.8, 4) is 0 Å². The van der Waals surface area contributed by atoms with Crippen molar-refractivity contribution in [1.29, 1.82) is 0 Å². The van der Waals surface area contributed by atoms with E-state index < -0.39 is 0 Å². The highest BCUT2D eigenvalue weighted by Gasteiger charge is 2.43. The van der Waals surface area contributed by atoms with Crippen molar-refractivity contribution in [2.24, 2.45) is 4.99 Å². The van der Waals surface area contributed by atoms with E-state index in [4.69, 9.17) is 4.99 Å². The van der Waals surface area contributed by atoms with Crippen molar-refractivity contribution in [1.82, 2.24) is 14.7 Å². The highest BCUT2D eigenvalue weighted by molar-refractivity contribution is 5.89. The van der Waals surface area contributed by atoms with Gasteiger partial charge in [0.1, 0.15) is 5.84 Å². The molecular formula is C20H28N4. The third-order valence-corrected chi connectivity index (χ3v) is 5.62. The van der Waals surface area contributed by atoms with Gasteiger partial charge in [0.25, 0.3) is 0 Å². The van der Waals surface area contributed by atoms with Gasteiger partial charge in [-0.15, -0.1) is 0 Å². The number of benzene rings is 1. The molecule has 0 spiro atoms. The van der Waals surface area contributed by atoms with Gasteiger partial charge in [-0.25, -0.2) is 4.99 Å². The molecule has 3 aliphatic rings. The molecule has 2 atom stereocenters. The van der Waals surface area contributed by atoms with Gasteiger partial charge in [-0.05, 0) is 44.0 Å². The van der Waals surface area contributed by atoms with E-state index in [2.05, 4.69) is 58.2 Å². The maximum absolute atomic E-state index is 4.70. The van der Waals surface area contributed by atoms with Gasteiger partial charge in [0, 0.05) is 38.9 Å². The summed E-state index contributed by atoms with van der Waals surface area (Å²) in [5.74, 6) is 1.24. The molecule has 24 heavy (non-hydrogen) atoms. The molecule has 2 saturated heterocycles. The zero-order valence-electron chi connectivity index (χ0n) is 14.6. The predicted molar refractivity (Wildman–Crippen MR) is 99.1 cm³/mol. The zero-order valence-corrected chi connectivity index (χ0v) is 14.6. The first-order chi connectivity index (χ1) is 11.8. The number of nitrogens with zero attached hydrogens (tertiary/aromatic N) is 4. The summed E-state index contributed by atoms with van der Waals surface area (Å²) in [5.41, 5.74) is 1.41. The van der Waals surface area contributed by atoms with E-state index in [0.29, 0.717) is 12.1 Å². The van der Waals surface area contributed by atoms with Crippen molar-refractivity contribution in [2.75, 3.05) is 33.2 Å². The summed E-state index contributed by atoms with van der Waals surface area (Å²) in [5, 5.41) is 0. The summed E-state index contributed by atoms with van der Waals surface area (Å²) in [7, 11) is 2.16. The van der Waals surface area contributed by atoms with Crippen molar-refractivity contribution in [2.45, 2.75) is 37.9 Å². The standard InChI is InChI=1S/C20H28N4/c1-22-11-7-10-21-20(22)19-14-18(16-23-12-5-6-13-23)24(19)15-17-8-3-2-4-9-17/h2-4,7-10,18-19H,5-6,11-16H2,1H3. The molecule has 0 bridgehead atoms. The Morgan fingerprint density at radius 3 is 2.67 bits per heavy atom. The summed E-state index contributed by atoms with van der Waals surface area (Å²) in [4.78, 5) is 12.3. The van der Waals surface area contributed by atoms with Gasteiger partial charge in [-0.1, -0.05) is 30.3 Å². The van der Waals surface area contributed by atoms with Crippen LogP contribution in [0, 0.1) is 0 Å². The lowest BCUT2D eigenvalue weighted by Gasteiger charge is -2.51. The molecule has 3 heterocycles. The lowest BCUT2D eigenvalue weighted by Crippen LogP contribution is -2.64. The highest BCUT2D eigenvalue weighted by atomic mass is 15.3. The number of hydrogen-bond acceptors (Lipinski definition) is 4. The molecule has 4 heteroatoms. The SMILES string of the molecule is CN1CC=CN=C1C1CC(CN2CCCC2)N1Cc1ccccc1. The smallest absolute Gasteiger partial charge is 0.122 e. The molecule has 0 N–H and O–H groups in total. The average Bonchev–Trinajstić information content (AvgIpc) is 3.12. The molecule has 2 fully saturated rings. The van der Waals surface area contributed by atoms with Crippen LogP contribution in [0.2, 0.25) is 0 Å². The minimum Gasteiger partial charge on any atom is -0.358 e. The van der Waals surface area contributed by atoms with Gasteiger partial charge in [0.2, 0.25) is 0 Å². The normalized spacial score (nSPS) is 28.0. The van der Waals surface area contributed by atoms with Crippen molar-refractivity contribution in [3.05, 3.63) is 48.2 Å². The average molecular weight is 324 g/mol. The summed E-state index contributed by atoms with van der Waals surface area (Å²) < 4.78 is 0. The lowest BCUT2D eigenvalue weighted by molar-refractivity contribution is 0.0197. The predicted octanol–water partition coefficient (Wildman–Crippen LogP) is 2.58. The second kappa shape index (κ2) is 7.08. The molecule has 4 nitrogen and oxygen atoms in total. The van der Waals surface area contributed by atoms with Gasteiger partial charge < -0.3 is 9.80 Å². The Kier molecular flexibility index (Phi) is 4.67. The van der Waals surface area contributed by atoms with Crippen LogP contribution in [0.25, 0.3) is 0 Å². The number of rotatable bonds is 5. The molecule has 4 rings (SSSR count). The number of likely N-dealkylation sites (tertiary alicyclic amines) is 2. The Morgan fingerprint density at radius 1 is 1.12 bits per heavy atom. The van der Waals surface area contributed by atoms with Crippen LogP contribution in [-0.4, -0.2) is 65.8 Å². The molecule has 3 aliphatic heterocycles.